The van der Waals surface area contributed by atoms with Crippen LogP contribution in [0, 0.1) is 0 Å². The van der Waals surface area contributed by atoms with Crippen molar-refractivity contribution in [2.75, 3.05) is 7.05 Å². The molecule has 0 rings (SSSR count). The van der Waals surface area contributed by atoms with Crippen LogP contribution in [-0.2, 0) is 4.79 Å². The molecule has 0 aromatic heterocycles. The van der Waals surface area contributed by atoms with E-state index in [2.05, 4.69) is 4.99 Å². The van der Waals surface area contributed by atoms with Crippen LogP contribution >= 0.6 is 24.0 Å². The Morgan fingerprint density at radius 1 is 1.78 bits per heavy atom. The average molecular weight is 171 g/mol. The number of carbonyl (C=O) groups excluding carboxylic acids is 1. The molecule has 0 unspecified atom stereocenters. The SMILES string of the molecule is CN=C(N)CC(=O)Cl.Cl. The molecule has 9 heavy (non-hydrogen) atoms. The Kier molecular flexibility index (Phi) is 7.48. The zero-order valence-electron chi connectivity index (χ0n) is 4.93. The number of aliphatic imine (C=N–C) groups is 1. The third-order valence-electron chi connectivity index (χ3n) is 0.607. The van der Waals surface area contributed by atoms with Gasteiger partial charge in [-0.05, 0) is 11.6 Å². The summed E-state index contributed by atoms with van der Waals surface area (Å²) in [7, 11) is 1.51. The summed E-state index contributed by atoms with van der Waals surface area (Å²) in [6.07, 6.45) is 0.0397. The van der Waals surface area contributed by atoms with Gasteiger partial charge in [-0.2, -0.15) is 0 Å². The van der Waals surface area contributed by atoms with Crippen LogP contribution in [0.15, 0.2) is 4.99 Å². The Bertz CT molecular complexity index is 124. The van der Waals surface area contributed by atoms with Gasteiger partial charge in [0.1, 0.15) is 5.84 Å². The highest BCUT2D eigenvalue weighted by molar-refractivity contribution is 6.65. The van der Waals surface area contributed by atoms with E-state index in [4.69, 9.17) is 17.3 Å². The minimum Gasteiger partial charge on any atom is -0.387 e. The molecule has 0 spiro atoms. The number of nitrogens with two attached hydrogens (primary N) is 1. The van der Waals surface area contributed by atoms with Gasteiger partial charge in [-0.15, -0.1) is 12.4 Å². The lowest BCUT2D eigenvalue weighted by Gasteiger charge is -1.88. The lowest BCUT2D eigenvalue weighted by Crippen LogP contribution is -2.13. The van der Waals surface area contributed by atoms with E-state index in [1.165, 1.54) is 7.05 Å². The quantitative estimate of drug-likeness (QED) is 0.374. The zero-order valence-corrected chi connectivity index (χ0v) is 6.50. The number of nitrogens with zero attached hydrogens (tertiary/aromatic N) is 1. The maximum atomic E-state index is 10.0. The summed E-state index contributed by atoms with van der Waals surface area (Å²) < 4.78 is 0. The molecule has 54 valence electrons. The molecule has 3 nitrogen and oxygen atoms in total. The molecule has 0 atom stereocenters. The molecule has 0 aromatic rings. The summed E-state index contributed by atoms with van der Waals surface area (Å²) >= 11 is 4.95. The topological polar surface area (TPSA) is 55.4 Å². The van der Waals surface area contributed by atoms with E-state index in [9.17, 15) is 4.79 Å². The van der Waals surface area contributed by atoms with Gasteiger partial charge in [-0.25, -0.2) is 0 Å². The zero-order chi connectivity index (χ0) is 6.57. The van der Waals surface area contributed by atoms with Gasteiger partial charge < -0.3 is 5.73 Å². The van der Waals surface area contributed by atoms with E-state index in [1.54, 1.807) is 0 Å². The Morgan fingerprint density at radius 3 is 2.33 bits per heavy atom. The van der Waals surface area contributed by atoms with Crippen LogP contribution in [0.4, 0.5) is 0 Å². The van der Waals surface area contributed by atoms with Gasteiger partial charge in [-0.3, -0.25) is 9.79 Å². The molecule has 0 radical (unpaired) electrons. The molecule has 5 heteroatoms. The first-order chi connectivity index (χ1) is 3.66. The molecular formula is C4H8Cl2N2O. The van der Waals surface area contributed by atoms with Crippen molar-refractivity contribution in [2.45, 2.75) is 6.42 Å². The second-order valence-corrected chi connectivity index (χ2v) is 1.67. The van der Waals surface area contributed by atoms with Crippen molar-refractivity contribution in [1.29, 1.82) is 0 Å². The smallest absolute Gasteiger partial charge is 0.229 e. The van der Waals surface area contributed by atoms with Gasteiger partial charge in [0.2, 0.25) is 5.24 Å². The molecule has 2 N–H and O–H groups in total. The molecule has 0 saturated carbocycles. The Labute approximate surface area is 64.7 Å². The minimum atomic E-state index is -0.479. The van der Waals surface area contributed by atoms with Crippen LogP contribution in [0.5, 0.6) is 0 Å². The highest BCUT2D eigenvalue weighted by atomic mass is 35.5. The highest BCUT2D eigenvalue weighted by Crippen LogP contribution is 1.86. The fraction of sp³-hybridized carbons (Fsp3) is 0.500. The molecule has 0 heterocycles. The molecule has 0 bridgehead atoms. The van der Waals surface area contributed by atoms with Crippen molar-refractivity contribution in [1.82, 2.24) is 0 Å². The number of halogens is 2. The van der Waals surface area contributed by atoms with Gasteiger partial charge in [0, 0.05) is 7.05 Å². The fourth-order valence-corrected chi connectivity index (χ4v) is 0.358. The third-order valence-corrected chi connectivity index (χ3v) is 0.741. The molecule has 0 aromatic carbocycles. The van der Waals surface area contributed by atoms with Crippen LogP contribution in [0.3, 0.4) is 0 Å². The largest absolute Gasteiger partial charge is 0.387 e. The Hall–Kier alpha value is -0.280. The second kappa shape index (κ2) is 5.85. The molecular weight excluding hydrogens is 163 g/mol. The maximum Gasteiger partial charge on any atom is 0.229 e. The monoisotopic (exact) mass is 170 g/mol. The summed E-state index contributed by atoms with van der Waals surface area (Å²) in [5.41, 5.74) is 5.12. The summed E-state index contributed by atoms with van der Waals surface area (Å²) in [4.78, 5) is 13.5. The van der Waals surface area contributed by atoms with Crippen molar-refractivity contribution < 1.29 is 4.79 Å². The van der Waals surface area contributed by atoms with E-state index in [0.29, 0.717) is 0 Å². The average Bonchev–Trinajstić information content (AvgIpc) is 1.65. The predicted molar refractivity (Wildman–Crippen MR) is 40.3 cm³/mol. The molecule has 0 saturated heterocycles. The number of hydrogen-bond donors (Lipinski definition) is 1. The van der Waals surface area contributed by atoms with E-state index in [0.717, 1.165) is 0 Å². The van der Waals surface area contributed by atoms with E-state index in [-0.39, 0.29) is 24.7 Å². The lowest BCUT2D eigenvalue weighted by molar-refractivity contribution is -0.110. The van der Waals surface area contributed by atoms with Gasteiger partial charge in [0.05, 0.1) is 6.42 Å². The van der Waals surface area contributed by atoms with Crippen molar-refractivity contribution in [2.24, 2.45) is 10.7 Å². The van der Waals surface area contributed by atoms with E-state index in [1.807, 2.05) is 0 Å². The molecule has 0 amide bonds. The van der Waals surface area contributed by atoms with Crippen LogP contribution in [0.1, 0.15) is 6.42 Å². The van der Waals surface area contributed by atoms with E-state index >= 15 is 0 Å². The number of rotatable bonds is 2. The maximum absolute atomic E-state index is 10.0. The third kappa shape index (κ3) is 7.72. The Balaban J connectivity index is 0. The first kappa shape index (κ1) is 11.5. The number of hydrogen-bond acceptors (Lipinski definition) is 2. The number of carbonyl (C=O) groups is 1. The highest BCUT2D eigenvalue weighted by Gasteiger charge is 1.96. The summed E-state index contributed by atoms with van der Waals surface area (Å²) in [6.45, 7) is 0. The normalized spacial score (nSPS) is 10.2. The molecule has 0 aliphatic carbocycles. The first-order valence-corrected chi connectivity index (χ1v) is 2.44. The minimum absolute atomic E-state index is 0. The van der Waals surface area contributed by atoms with Crippen LogP contribution in [0.2, 0.25) is 0 Å². The molecule has 0 fully saturated rings. The first-order valence-electron chi connectivity index (χ1n) is 2.06. The summed E-state index contributed by atoms with van der Waals surface area (Å²) in [5, 5.41) is -0.479. The summed E-state index contributed by atoms with van der Waals surface area (Å²) in [5.74, 6) is 0.269. The van der Waals surface area contributed by atoms with Crippen molar-refractivity contribution in [3.05, 3.63) is 0 Å². The van der Waals surface area contributed by atoms with Crippen LogP contribution < -0.4 is 5.73 Å². The molecule has 0 aliphatic heterocycles. The van der Waals surface area contributed by atoms with Gasteiger partial charge in [0.15, 0.2) is 0 Å². The molecule has 0 aliphatic rings. The van der Waals surface area contributed by atoms with Crippen molar-refractivity contribution >= 4 is 35.1 Å². The number of amidine groups is 1. The summed E-state index contributed by atoms with van der Waals surface area (Å²) in [6, 6.07) is 0. The second-order valence-electron chi connectivity index (χ2n) is 1.25. The predicted octanol–water partition coefficient (Wildman–Crippen LogP) is 0.551. The fourth-order valence-electron chi connectivity index (χ4n) is 0.221. The van der Waals surface area contributed by atoms with Crippen LogP contribution in [0.25, 0.3) is 0 Å². The standard InChI is InChI=1S/C4H7ClN2O.ClH/c1-7-4(6)2-3(5)8;/h2H2,1H3,(H2,6,7);1H. The van der Waals surface area contributed by atoms with Crippen LogP contribution in [-0.4, -0.2) is 18.1 Å². The van der Waals surface area contributed by atoms with Crippen molar-refractivity contribution in [3.63, 3.8) is 0 Å². The van der Waals surface area contributed by atoms with E-state index < -0.39 is 5.24 Å². The van der Waals surface area contributed by atoms with Gasteiger partial charge in [0.25, 0.3) is 0 Å². The Morgan fingerprint density at radius 2 is 2.22 bits per heavy atom. The van der Waals surface area contributed by atoms with Gasteiger partial charge >= 0.3 is 0 Å². The van der Waals surface area contributed by atoms with Gasteiger partial charge in [-0.1, -0.05) is 0 Å². The van der Waals surface area contributed by atoms with Crippen molar-refractivity contribution in [3.8, 4) is 0 Å². The lowest BCUT2D eigenvalue weighted by atomic mass is 10.4.